The molecule has 2 aromatic heterocycles. The van der Waals surface area contributed by atoms with Crippen molar-refractivity contribution in [1.29, 1.82) is 0 Å². The number of alkyl halides is 1. The molecule has 2 aromatic rings. The van der Waals surface area contributed by atoms with Crippen LogP contribution < -0.4 is 4.90 Å². The molecular weight excluding hydrogens is 246 g/mol. The summed E-state index contributed by atoms with van der Waals surface area (Å²) in [6.45, 7) is 3.35. The van der Waals surface area contributed by atoms with E-state index in [1.165, 1.54) is 19.3 Å². The SMILES string of the molecule is CCC1CCCN1c1nc2ccccn2c1CCl. The zero-order valence-electron chi connectivity index (χ0n) is 10.6. The van der Waals surface area contributed by atoms with Gasteiger partial charge in [0.2, 0.25) is 0 Å². The minimum Gasteiger partial charge on any atom is -0.352 e. The summed E-state index contributed by atoms with van der Waals surface area (Å²) >= 11 is 6.13. The van der Waals surface area contributed by atoms with E-state index in [9.17, 15) is 0 Å². The van der Waals surface area contributed by atoms with Crippen LogP contribution in [-0.4, -0.2) is 22.0 Å². The summed E-state index contributed by atoms with van der Waals surface area (Å²) in [5.74, 6) is 1.59. The van der Waals surface area contributed by atoms with Gasteiger partial charge in [0.25, 0.3) is 0 Å². The lowest BCUT2D eigenvalue weighted by Crippen LogP contribution is -2.29. The van der Waals surface area contributed by atoms with Gasteiger partial charge < -0.3 is 9.30 Å². The maximum atomic E-state index is 6.13. The normalized spacial score (nSPS) is 19.9. The first kappa shape index (κ1) is 11.8. The van der Waals surface area contributed by atoms with Gasteiger partial charge >= 0.3 is 0 Å². The number of hydrogen-bond acceptors (Lipinski definition) is 2. The molecule has 1 aliphatic heterocycles. The van der Waals surface area contributed by atoms with E-state index in [-0.39, 0.29) is 0 Å². The minimum absolute atomic E-state index is 0.507. The van der Waals surface area contributed by atoms with Crippen molar-refractivity contribution in [2.45, 2.75) is 38.1 Å². The number of imidazole rings is 1. The Morgan fingerprint density at radius 2 is 2.33 bits per heavy atom. The molecule has 0 saturated carbocycles. The highest BCUT2D eigenvalue weighted by atomic mass is 35.5. The monoisotopic (exact) mass is 263 g/mol. The first-order valence-corrected chi connectivity index (χ1v) is 7.17. The summed E-state index contributed by atoms with van der Waals surface area (Å²) in [5.41, 5.74) is 2.11. The van der Waals surface area contributed by atoms with Crippen LogP contribution in [0.15, 0.2) is 24.4 Å². The van der Waals surface area contributed by atoms with Gasteiger partial charge in [-0.1, -0.05) is 13.0 Å². The average molecular weight is 264 g/mol. The quantitative estimate of drug-likeness (QED) is 0.791. The Hall–Kier alpha value is -1.22. The lowest BCUT2D eigenvalue weighted by atomic mass is 10.2. The van der Waals surface area contributed by atoms with Crippen LogP contribution in [0.5, 0.6) is 0 Å². The third-order valence-electron chi connectivity index (χ3n) is 3.85. The van der Waals surface area contributed by atoms with Crippen LogP contribution in [0, 0.1) is 0 Å². The number of hydrogen-bond donors (Lipinski definition) is 0. The van der Waals surface area contributed by atoms with E-state index in [1.807, 2.05) is 24.4 Å². The predicted molar refractivity (Wildman–Crippen MR) is 75.4 cm³/mol. The van der Waals surface area contributed by atoms with Crippen LogP contribution in [0.1, 0.15) is 31.9 Å². The molecule has 0 bridgehead atoms. The fourth-order valence-electron chi connectivity index (χ4n) is 2.93. The fourth-order valence-corrected chi connectivity index (χ4v) is 3.18. The molecule has 0 spiro atoms. The Bertz CT molecular complexity index is 549. The number of nitrogens with zero attached hydrogens (tertiary/aromatic N) is 3. The molecule has 3 nitrogen and oxygen atoms in total. The van der Waals surface area contributed by atoms with Crippen LogP contribution in [0.2, 0.25) is 0 Å². The van der Waals surface area contributed by atoms with E-state index in [2.05, 4.69) is 16.2 Å². The van der Waals surface area contributed by atoms with Crippen molar-refractivity contribution in [2.24, 2.45) is 0 Å². The maximum Gasteiger partial charge on any atom is 0.152 e. The van der Waals surface area contributed by atoms with Crippen LogP contribution >= 0.6 is 11.6 Å². The van der Waals surface area contributed by atoms with E-state index < -0.39 is 0 Å². The summed E-state index contributed by atoms with van der Waals surface area (Å²) in [6.07, 6.45) is 5.75. The number of aromatic nitrogens is 2. The van der Waals surface area contributed by atoms with E-state index in [4.69, 9.17) is 16.6 Å². The van der Waals surface area contributed by atoms with Gasteiger partial charge in [-0.2, -0.15) is 0 Å². The van der Waals surface area contributed by atoms with Gasteiger partial charge in [0, 0.05) is 18.8 Å². The summed E-state index contributed by atoms with van der Waals surface area (Å²) < 4.78 is 2.10. The van der Waals surface area contributed by atoms with Crippen molar-refractivity contribution >= 4 is 23.1 Å². The number of rotatable bonds is 3. The van der Waals surface area contributed by atoms with Crippen molar-refractivity contribution in [2.75, 3.05) is 11.4 Å². The zero-order chi connectivity index (χ0) is 12.5. The molecule has 1 aliphatic rings. The summed E-state index contributed by atoms with van der Waals surface area (Å²) in [7, 11) is 0. The molecule has 18 heavy (non-hydrogen) atoms. The van der Waals surface area contributed by atoms with Crippen molar-refractivity contribution < 1.29 is 0 Å². The van der Waals surface area contributed by atoms with E-state index in [1.54, 1.807) is 0 Å². The fraction of sp³-hybridized carbons (Fsp3) is 0.500. The first-order chi connectivity index (χ1) is 8.85. The Kier molecular flexibility index (Phi) is 3.16. The molecule has 3 heterocycles. The molecule has 1 atom stereocenters. The standard InChI is InChI=1S/C14H18ClN3/c1-2-11-6-5-9-17(11)14-12(10-15)18-8-4-3-7-13(18)16-14/h3-4,7-8,11H,2,5-6,9-10H2,1H3. The van der Waals surface area contributed by atoms with Gasteiger partial charge in [-0.05, 0) is 31.4 Å². The Morgan fingerprint density at radius 1 is 1.44 bits per heavy atom. The highest BCUT2D eigenvalue weighted by Gasteiger charge is 2.27. The molecule has 3 rings (SSSR count). The van der Waals surface area contributed by atoms with E-state index >= 15 is 0 Å². The summed E-state index contributed by atoms with van der Waals surface area (Å²) in [4.78, 5) is 7.20. The molecule has 0 aromatic carbocycles. The Morgan fingerprint density at radius 3 is 3.11 bits per heavy atom. The topological polar surface area (TPSA) is 20.5 Å². The molecule has 0 aliphatic carbocycles. The van der Waals surface area contributed by atoms with Crippen molar-refractivity contribution in [3.63, 3.8) is 0 Å². The van der Waals surface area contributed by atoms with Crippen molar-refractivity contribution in [3.8, 4) is 0 Å². The second-order valence-electron chi connectivity index (χ2n) is 4.84. The first-order valence-electron chi connectivity index (χ1n) is 6.63. The molecule has 1 unspecified atom stereocenters. The van der Waals surface area contributed by atoms with Gasteiger partial charge in [-0.25, -0.2) is 4.98 Å². The van der Waals surface area contributed by atoms with E-state index in [0.717, 1.165) is 23.7 Å². The molecule has 4 heteroatoms. The second kappa shape index (κ2) is 4.81. The molecule has 1 fully saturated rings. The number of fused-ring (bicyclic) bond motifs is 1. The highest BCUT2D eigenvalue weighted by molar-refractivity contribution is 6.17. The lowest BCUT2D eigenvalue weighted by molar-refractivity contribution is 0.640. The molecular formula is C14H18ClN3. The molecule has 96 valence electrons. The number of pyridine rings is 1. The van der Waals surface area contributed by atoms with Crippen LogP contribution in [0.3, 0.4) is 0 Å². The van der Waals surface area contributed by atoms with Gasteiger partial charge in [-0.3, -0.25) is 0 Å². The Labute approximate surface area is 112 Å². The molecule has 0 amide bonds. The predicted octanol–water partition coefficient (Wildman–Crippen LogP) is 3.45. The zero-order valence-corrected chi connectivity index (χ0v) is 11.4. The molecule has 0 N–H and O–H groups in total. The Balaban J connectivity index is 2.10. The van der Waals surface area contributed by atoms with Crippen LogP contribution in [-0.2, 0) is 5.88 Å². The van der Waals surface area contributed by atoms with Crippen molar-refractivity contribution in [1.82, 2.24) is 9.38 Å². The third-order valence-corrected chi connectivity index (χ3v) is 4.11. The second-order valence-corrected chi connectivity index (χ2v) is 5.11. The number of anilines is 1. The lowest BCUT2D eigenvalue weighted by Gasteiger charge is -2.24. The van der Waals surface area contributed by atoms with Crippen molar-refractivity contribution in [3.05, 3.63) is 30.1 Å². The third kappa shape index (κ3) is 1.77. The average Bonchev–Trinajstić information content (AvgIpc) is 3.01. The summed E-state index contributed by atoms with van der Waals surface area (Å²) in [5, 5.41) is 0. The maximum absolute atomic E-state index is 6.13. The molecule has 0 radical (unpaired) electrons. The van der Waals surface area contributed by atoms with Gasteiger partial charge in [0.05, 0.1) is 11.6 Å². The van der Waals surface area contributed by atoms with Gasteiger partial charge in [-0.15, -0.1) is 11.6 Å². The van der Waals surface area contributed by atoms with Crippen LogP contribution in [0.25, 0.3) is 5.65 Å². The van der Waals surface area contributed by atoms with E-state index in [0.29, 0.717) is 11.9 Å². The minimum atomic E-state index is 0.507. The highest BCUT2D eigenvalue weighted by Crippen LogP contribution is 2.30. The smallest absolute Gasteiger partial charge is 0.152 e. The molecule has 1 saturated heterocycles. The van der Waals surface area contributed by atoms with Gasteiger partial charge in [0.1, 0.15) is 5.65 Å². The summed E-state index contributed by atoms with van der Waals surface area (Å²) in [6, 6.07) is 6.70. The van der Waals surface area contributed by atoms with Crippen LogP contribution in [0.4, 0.5) is 5.82 Å². The number of halogens is 1. The largest absolute Gasteiger partial charge is 0.352 e. The van der Waals surface area contributed by atoms with Gasteiger partial charge in [0.15, 0.2) is 5.82 Å².